The third-order valence-corrected chi connectivity index (χ3v) is 2.75. The summed E-state index contributed by atoms with van der Waals surface area (Å²) in [4.78, 5) is 8.98. The molecule has 1 aromatic carbocycles. The third-order valence-electron chi connectivity index (χ3n) is 2.75. The van der Waals surface area contributed by atoms with Crippen LogP contribution in [0, 0.1) is 19.7 Å². The van der Waals surface area contributed by atoms with Gasteiger partial charge in [-0.1, -0.05) is 12.1 Å². The molecule has 0 spiro atoms. The maximum atomic E-state index is 13.3. The molecule has 0 radical (unpaired) electrons. The van der Waals surface area contributed by atoms with E-state index < -0.39 is 0 Å². The van der Waals surface area contributed by atoms with E-state index in [1.165, 1.54) is 12.1 Å². The minimum atomic E-state index is -0.269. The van der Waals surface area contributed by atoms with Crippen molar-refractivity contribution in [3.05, 3.63) is 41.5 Å². The number of nitrogens with one attached hydrogen (secondary N) is 1. The van der Waals surface area contributed by atoms with E-state index in [2.05, 4.69) is 15.3 Å². The zero-order valence-corrected chi connectivity index (χ0v) is 10.8. The van der Waals surface area contributed by atoms with Gasteiger partial charge >= 0.3 is 0 Å². The zero-order chi connectivity index (χ0) is 13.1. The molecule has 0 saturated carbocycles. The van der Waals surface area contributed by atoms with Crippen LogP contribution in [0.2, 0.25) is 0 Å². The van der Waals surface area contributed by atoms with Gasteiger partial charge in [-0.15, -0.1) is 0 Å². The average molecular weight is 245 g/mol. The van der Waals surface area contributed by atoms with Crippen molar-refractivity contribution in [2.24, 2.45) is 0 Å². The van der Waals surface area contributed by atoms with Gasteiger partial charge in [0.05, 0.1) is 11.4 Å². The predicted octanol–water partition coefficient (Wildman–Crippen LogP) is 3.33. The van der Waals surface area contributed by atoms with Crippen LogP contribution < -0.4 is 5.32 Å². The molecule has 1 aromatic heterocycles. The van der Waals surface area contributed by atoms with Gasteiger partial charge in [-0.05, 0) is 32.9 Å². The summed E-state index contributed by atoms with van der Waals surface area (Å²) in [5, 5.41) is 3.17. The summed E-state index contributed by atoms with van der Waals surface area (Å²) in [7, 11) is 0. The van der Waals surface area contributed by atoms with E-state index in [0.29, 0.717) is 11.5 Å². The molecule has 0 unspecified atom stereocenters. The first kappa shape index (κ1) is 12.5. The number of benzene rings is 1. The first-order chi connectivity index (χ1) is 8.61. The fraction of sp³-hybridized carbons (Fsp3) is 0.286. The Bertz CT molecular complexity index is 567. The van der Waals surface area contributed by atoms with Crippen LogP contribution in [0.25, 0.3) is 11.3 Å². The quantitative estimate of drug-likeness (QED) is 0.901. The fourth-order valence-electron chi connectivity index (χ4n) is 1.73. The molecule has 0 fully saturated rings. The Morgan fingerprint density at radius 1 is 1.17 bits per heavy atom. The van der Waals surface area contributed by atoms with E-state index in [0.717, 1.165) is 23.5 Å². The number of aromatic nitrogens is 2. The number of nitrogens with zero attached hydrogens (tertiary/aromatic N) is 2. The topological polar surface area (TPSA) is 37.8 Å². The summed E-state index contributed by atoms with van der Waals surface area (Å²) < 4.78 is 13.3. The van der Waals surface area contributed by atoms with Crippen molar-refractivity contribution in [3.63, 3.8) is 0 Å². The first-order valence-electron chi connectivity index (χ1n) is 5.97. The van der Waals surface area contributed by atoms with E-state index in [1.807, 2.05) is 26.8 Å². The Labute approximate surface area is 106 Å². The number of anilines is 1. The zero-order valence-electron chi connectivity index (χ0n) is 10.8. The molecule has 94 valence electrons. The van der Waals surface area contributed by atoms with Crippen LogP contribution in [0.3, 0.4) is 0 Å². The Morgan fingerprint density at radius 3 is 2.56 bits per heavy atom. The van der Waals surface area contributed by atoms with Gasteiger partial charge in [-0.3, -0.25) is 0 Å². The van der Waals surface area contributed by atoms with Gasteiger partial charge in [0.25, 0.3) is 0 Å². The van der Waals surface area contributed by atoms with Gasteiger partial charge in [0.15, 0.2) is 5.82 Å². The van der Waals surface area contributed by atoms with E-state index >= 15 is 0 Å². The van der Waals surface area contributed by atoms with Crippen molar-refractivity contribution < 1.29 is 4.39 Å². The highest BCUT2D eigenvalue weighted by atomic mass is 19.1. The molecule has 0 aliphatic heterocycles. The molecule has 2 rings (SSSR count). The average Bonchev–Trinajstić information content (AvgIpc) is 2.34. The van der Waals surface area contributed by atoms with E-state index in [1.54, 1.807) is 6.07 Å². The van der Waals surface area contributed by atoms with Crippen molar-refractivity contribution in [1.82, 2.24) is 9.97 Å². The van der Waals surface area contributed by atoms with Gasteiger partial charge in [-0.2, -0.15) is 0 Å². The van der Waals surface area contributed by atoms with Gasteiger partial charge in [-0.25, -0.2) is 14.4 Å². The molecule has 18 heavy (non-hydrogen) atoms. The number of aryl methyl sites for hydroxylation is 2. The molecule has 0 aliphatic carbocycles. The van der Waals surface area contributed by atoms with E-state index in [4.69, 9.17) is 0 Å². The molecule has 1 heterocycles. The standard InChI is InChI=1S/C14H16FN3/c1-4-16-14-13(17-9(2)10(3)18-14)11-6-5-7-12(15)8-11/h5-8H,4H2,1-3H3,(H,16,18). The number of hydrogen-bond donors (Lipinski definition) is 1. The molecule has 3 nitrogen and oxygen atoms in total. The summed E-state index contributed by atoms with van der Waals surface area (Å²) in [6.45, 7) is 6.56. The van der Waals surface area contributed by atoms with Gasteiger partial charge in [0.2, 0.25) is 0 Å². The summed E-state index contributed by atoms with van der Waals surface area (Å²) in [5.74, 6) is 0.432. The number of halogens is 1. The van der Waals surface area contributed by atoms with Crippen LogP contribution >= 0.6 is 0 Å². The van der Waals surface area contributed by atoms with Crippen molar-refractivity contribution in [1.29, 1.82) is 0 Å². The third kappa shape index (κ3) is 2.47. The normalized spacial score (nSPS) is 10.4. The largest absolute Gasteiger partial charge is 0.369 e. The molecule has 0 saturated heterocycles. The second-order valence-corrected chi connectivity index (χ2v) is 4.13. The second-order valence-electron chi connectivity index (χ2n) is 4.13. The molecule has 0 aliphatic rings. The number of hydrogen-bond acceptors (Lipinski definition) is 3. The lowest BCUT2D eigenvalue weighted by Gasteiger charge is -2.11. The second kappa shape index (κ2) is 5.12. The highest BCUT2D eigenvalue weighted by molar-refractivity contribution is 5.71. The molecule has 1 N–H and O–H groups in total. The Morgan fingerprint density at radius 2 is 1.89 bits per heavy atom. The first-order valence-corrected chi connectivity index (χ1v) is 5.97. The maximum absolute atomic E-state index is 13.3. The van der Waals surface area contributed by atoms with Crippen LogP contribution in [0.4, 0.5) is 10.2 Å². The molecule has 0 atom stereocenters. The van der Waals surface area contributed by atoms with Crippen molar-refractivity contribution in [2.45, 2.75) is 20.8 Å². The molecular weight excluding hydrogens is 229 g/mol. The smallest absolute Gasteiger partial charge is 0.152 e. The highest BCUT2D eigenvalue weighted by Crippen LogP contribution is 2.25. The van der Waals surface area contributed by atoms with Crippen LogP contribution in [-0.2, 0) is 0 Å². The Balaban J connectivity index is 2.58. The summed E-state index contributed by atoms with van der Waals surface area (Å²) in [5.41, 5.74) is 3.17. The lowest BCUT2D eigenvalue weighted by Crippen LogP contribution is -2.06. The predicted molar refractivity (Wildman–Crippen MR) is 71.1 cm³/mol. The van der Waals surface area contributed by atoms with Crippen LogP contribution in [-0.4, -0.2) is 16.5 Å². The van der Waals surface area contributed by atoms with Crippen molar-refractivity contribution in [3.8, 4) is 11.3 Å². The Hall–Kier alpha value is -1.97. The van der Waals surface area contributed by atoms with Crippen molar-refractivity contribution in [2.75, 3.05) is 11.9 Å². The van der Waals surface area contributed by atoms with Gasteiger partial charge in [0.1, 0.15) is 11.5 Å². The van der Waals surface area contributed by atoms with Gasteiger partial charge in [0, 0.05) is 12.1 Å². The van der Waals surface area contributed by atoms with E-state index in [-0.39, 0.29) is 5.82 Å². The lowest BCUT2D eigenvalue weighted by atomic mass is 10.1. The van der Waals surface area contributed by atoms with Crippen LogP contribution in [0.15, 0.2) is 24.3 Å². The summed E-state index contributed by atoms with van der Waals surface area (Å²) >= 11 is 0. The monoisotopic (exact) mass is 245 g/mol. The summed E-state index contributed by atoms with van der Waals surface area (Å²) in [6, 6.07) is 6.41. The summed E-state index contributed by atoms with van der Waals surface area (Å²) in [6.07, 6.45) is 0. The molecule has 4 heteroatoms. The molecular formula is C14H16FN3. The maximum Gasteiger partial charge on any atom is 0.152 e. The van der Waals surface area contributed by atoms with E-state index in [9.17, 15) is 4.39 Å². The van der Waals surface area contributed by atoms with Crippen LogP contribution in [0.1, 0.15) is 18.3 Å². The molecule has 2 aromatic rings. The fourth-order valence-corrected chi connectivity index (χ4v) is 1.73. The molecule has 0 amide bonds. The van der Waals surface area contributed by atoms with Crippen LogP contribution in [0.5, 0.6) is 0 Å². The molecule has 0 bridgehead atoms. The Kier molecular flexibility index (Phi) is 3.55. The van der Waals surface area contributed by atoms with Gasteiger partial charge < -0.3 is 5.32 Å². The highest BCUT2D eigenvalue weighted by Gasteiger charge is 2.11. The minimum absolute atomic E-state index is 0.269. The SMILES string of the molecule is CCNc1nc(C)c(C)nc1-c1cccc(F)c1. The lowest BCUT2D eigenvalue weighted by molar-refractivity contribution is 0.628. The minimum Gasteiger partial charge on any atom is -0.369 e. The van der Waals surface area contributed by atoms with Crippen molar-refractivity contribution >= 4 is 5.82 Å². The number of rotatable bonds is 3.